The third-order valence-electron chi connectivity index (χ3n) is 6.04. The van der Waals surface area contributed by atoms with E-state index >= 15 is 0 Å². The zero-order valence-corrected chi connectivity index (χ0v) is 21.0. The lowest BCUT2D eigenvalue weighted by Crippen LogP contribution is -2.48. The van der Waals surface area contributed by atoms with Crippen LogP contribution in [0.25, 0.3) is 0 Å². The van der Waals surface area contributed by atoms with Gasteiger partial charge in [0, 0.05) is 52.0 Å². The van der Waals surface area contributed by atoms with E-state index in [1.165, 1.54) is 22.6 Å². The smallest absolute Gasteiger partial charge is 0.254 e. The topological polar surface area (TPSA) is 109 Å². The molecule has 1 saturated heterocycles. The van der Waals surface area contributed by atoms with Gasteiger partial charge in [-0.25, -0.2) is 27.2 Å². The lowest BCUT2D eigenvalue weighted by Gasteiger charge is -2.33. The Morgan fingerprint density at radius 1 is 1.17 bits per heavy atom. The van der Waals surface area contributed by atoms with Gasteiger partial charge < -0.3 is 15.6 Å². The highest BCUT2D eigenvalue weighted by atomic mass is 32.2. The van der Waals surface area contributed by atoms with Crippen LogP contribution in [0.4, 0.5) is 13.9 Å². The minimum atomic E-state index is -3.68. The monoisotopic (exact) mass is 525 g/mol. The van der Waals surface area contributed by atoms with Gasteiger partial charge in [0.2, 0.25) is 0 Å². The molecule has 190 valence electrons. The highest BCUT2D eigenvalue weighted by molar-refractivity contribution is 7.91. The van der Waals surface area contributed by atoms with E-state index in [1.807, 2.05) is 13.1 Å². The first-order chi connectivity index (χ1) is 16.8. The number of thiazole rings is 1. The first-order valence-electron chi connectivity index (χ1n) is 11.3. The van der Waals surface area contributed by atoms with Gasteiger partial charge in [-0.05, 0) is 24.6 Å². The molecule has 13 heteroatoms. The van der Waals surface area contributed by atoms with Crippen LogP contribution < -0.4 is 11.1 Å². The van der Waals surface area contributed by atoms with Gasteiger partial charge in [-0.1, -0.05) is 23.5 Å². The van der Waals surface area contributed by atoms with E-state index in [2.05, 4.69) is 24.8 Å². The highest BCUT2D eigenvalue weighted by Gasteiger charge is 2.30. The Hall–Kier alpha value is -2.45. The summed E-state index contributed by atoms with van der Waals surface area (Å²) in [5.74, 6) is -0.273. The summed E-state index contributed by atoms with van der Waals surface area (Å²) in [4.78, 5) is 10.5. The summed E-state index contributed by atoms with van der Waals surface area (Å²) in [5, 5.41) is 3.13. The quantitative estimate of drug-likeness (QED) is 0.418. The molecule has 0 saturated carbocycles. The van der Waals surface area contributed by atoms with Crippen LogP contribution in [-0.2, 0) is 16.6 Å². The number of imidazole rings is 1. The number of nitrogens with two attached hydrogens (primary N) is 1. The number of hydrogen-bond donors (Lipinski definition) is 2. The Labute approximate surface area is 207 Å². The zero-order chi connectivity index (χ0) is 25.0. The van der Waals surface area contributed by atoms with Gasteiger partial charge in [-0.3, -0.25) is 4.90 Å². The number of anilines is 1. The minimum absolute atomic E-state index is 0.0126. The van der Waals surface area contributed by atoms with Crippen LogP contribution in [0.3, 0.4) is 0 Å². The third-order valence-corrected chi connectivity index (χ3v) is 9.33. The number of benzene rings is 1. The van der Waals surface area contributed by atoms with Crippen molar-refractivity contribution in [3.05, 3.63) is 60.1 Å². The molecule has 1 aromatic carbocycles. The summed E-state index contributed by atoms with van der Waals surface area (Å²) in [5.41, 5.74) is 7.24. The van der Waals surface area contributed by atoms with Crippen molar-refractivity contribution in [1.29, 1.82) is 0 Å². The molecular formula is C22H29F2N7O2S2. The standard InChI is InChI=1S/C22H29F2N7O2S2/c1-16(17-2-4-18(23)5-3-17)31-15-26-12-20(31)14-29-6-8-30(9-7-29)35(32,33)21-13-28-22(34-21)27-11-19(24)10-25/h2-5,12-13,15-16,19H,6-11,14,25H2,1H3,(H,27,28)/t16-,19?/m1/s1. The molecule has 2 aromatic heterocycles. The lowest BCUT2D eigenvalue weighted by molar-refractivity contribution is 0.178. The largest absolute Gasteiger partial charge is 0.359 e. The normalized spacial score (nSPS) is 17.4. The first kappa shape index (κ1) is 25.6. The predicted molar refractivity (Wildman–Crippen MR) is 131 cm³/mol. The molecule has 0 radical (unpaired) electrons. The molecule has 35 heavy (non-hydrogen) atoms. The van der Waals surface area contributed by atoms with Gasteiger partial charge in [0.15, 0.2) is 9.34 Å². The molecule has 3 N–H and O–H groups in total. The van der Waals surface area contributed by atoms with Crippen molar-refractivity contribution >= 4 is 26.5 Å². The number of nitrogens with zero attached hydrogens (tertiary/aromatic N) is 5. The molecule has 9 nitrogen and oxygen atoms in total. The second-order valence-electron chi connectivity index (χ2n) is 8.40. The number of hydrogen-bond acceptors (Lipinski definition) is 8. The third kappa shape index (κ3) is 6.04. The van der Waals surface area contributed by atoms with E-state index in [0.717, 1.165) is 22.6 Å². The average molecular weight is 526 g/mol. The van der Waals surface area contributed by atoms with E-state index in [0.29, 0.717) is 37.9 Å². The Morgan fingerprint density at radius 3 is 2.57 bits per heavy atom. The molecule has 0 spiro atoms. The Morgan fingerprint density at radius 2 is 1.89 bits per heavy atom. The maximum Gasteiger partial charge on any atom is 0.254 e. The maximum atomic E-state index is 13.3. The van der Waals surface area contributed by atoms with Gasteiger partial charge in [0.05, 0.1) is 24.3 Å². The number of halogens is 2. The van der Waals surface area contributed by atoms with Crippen LogP contribution in [0.5, 0.6) is 0 Å². The number of piperazine rings is 1. The highest BCUT2D eigenvalue weighted by Crippen LogP contribution is 2.27. The number of sulfonamides is 1. The summed E-state index contributed by atoms with van der Waals surface area (Å²) < 4.78 is 56.4. The summed E-state index contributed by atoms with van der Waals surface area (Å²) in [6.45, 7) is 4.37. The van der Waals surface area contributed by atoms with Crippen LogP contribution in [-0.4, -0.2) is 77.6 Å². The minimum Gasteiger partial charge on any atom is -0.359 e. The molecule has 3 aromatic rings. The van der Waals surface area contributed by atoms with Gasteiger partial charge in [-0.2, -0.15) is 4.31 Å². The molecular weight excluding hydrogens is 496 g/mol. The molecule has 1 fully saturated rings. The fourth-order valence-corrected chi connectivity index (χ4v) is 6.55. The summed E-state index contributed by atoms with van der Waals surface area (Å²) in [6.07, 6.45) is 3.65. The Balaban J connectivity index is 1.35. The van der Waals surface area contributed by atoms with E-state index < -0.39 is 16.2 Å². The van der Waals surface area contributed by atoms with E-state index in [1.54, 1.807) is 18.5 Å². The SMILES string of the molecule is C[C@H](c1ccc(F)cc1)n1cncc1CN1CCN(S(=O)(=O)c2cnc(NCC(F)CN)s2)CC1. The van der Waals surface area contributed by atoms with Crippen LogP contribution in [0.15, 0.2) is 47.2 Å². The number of nitrogens with one attached hydrogen (secondary N) is 1. The van der Waals surface area contributed by atoms with E-state index in [-0.39, 0.29) is 29.2 Å². The van der Waals surface area contributed by atoms with Crippen LogP contribution >= 0.6 is 11.3 Å². The first-order valence-corrected chi connectivity index (χ1v) is 13.6. The average Bonchev–Trinajstić information content (AvgIpc) is 3.53. The summed E-state index contributed by atoms with van der Waals surface area (Å²) >= 11 is 0.986. The Kier molecular flexibility index (Phi) is 8.12. The number of rotatable bonds is 10. The van der Waals surface area contributed by atoms with Crippen LogP contribution in [0.2, 0.25) is 0 Å². The number of aromatic nitrogens is 3. The summed E-state index contributed by atoms with van der Waals surface area (Å²) in [6, 6.07) is 6.41. The molecule has 1 aliphatic rings. The van der Waals surface area contributed by atoms with Gasteiger partial charge in [0.1, 0.15) is 12.0 Å². The fraction of sp³-hybridized carbons (Fsp3) is 0.455. The molecule has 3 heterocycles. The van der Waals surface area contributed by atoms with E-state index in [9.17, 15) is 17.2 Å². The lowest BCUT2D eigenvalue weighted by atomic mass is 10.1. The van der Waals surface area contributed by atoms with Crippen molar-refractivity contribution < 1.29 is 17.2 Å². The molecule has 0 aliphatic carbocycles. The molecule has 0 amide bonds. The van der Waals surface area contributed by atoms with Crippen molar-refractivity contribution in [1.82, 2.24) is 23.7 Å². The molecule has 2 atom stereocenters. The second kappa shape index (κ2) is 11.1. The molecule has 4 rings (SSSR count). The van der Waals surface area contributed by atoms with Gasteiger partial charge in [-0.15, -0.1) is 0 Å². The number of alkyl halides is 1. The van der Waals surface area contributed by atoms with Crippen LogP contribution in [0.1, 0.15) is 24.2 Å². The maximum absolute atomic E-state index is 13.3. The van der Waals surface area contributed by atoms with Crippen molar-refractivity contribution in [2.75, 3.05) is 44.6 Å². The fourth-order valence-electron chi connectivity index (χ4n) is 3.93. The Bertz CT molecular complexity index is 1210. The van der Waals surface area contributed by atoms with Gasteiger partial charge >= 0.3 is 0 Å². The van der Waals surface area contributed by atoms with Crippen molar-refractivity contribution in [3.8, 4) is 0 Å². The molecule has 1 aliphatic heterocycles. The molecule has 1 unspecified atom stereocenters. The predicted octanol–water partition coefficient (Wildman–Crippen LogP) is 2.30. The van der Waals surface area contributed by atoms with E-state index in [4.69, 9.17) is 5.73 Å². The van der Waals surface area contributed by atoms with Crippen molar-refractivity contribution in [2.24, 2.45) is 5.73 Å². The van der Waals surface area contributed by atoms with Crippen molar-refractivity contribution in [3.63, 3.8) is 0 Å². The van der Waals surface area contributed by atoms with Crippen molar-refractivity contribution in [2.45, 2.75) is 29.9 Å². The molecule has 0 bridgehead atoms. The zero-order valence-electron chi connectivity index (χ0n) is 19.3. The summed E-state index contributed by atoms with van der Waals surface area (Å²) in [7, 11) is -3.68. The van der Waals surface area contributed by atoms with Crippen LogP contribution in [0, 0.1) is 5.82 Å². The van der Waals surface area contributed by atoms with Gasteiger partial charge in [0.25, 0.3) is 10.0 Å². The second-order valence-corrected chi connectivity index (χ2v) is 11.6.